The van der Waals surface area contributed by atoms with E-state index < -0.39 is 0 Å². The number of benzene rings is 2. The van der Waals surface area contributed by atoms with Crippen molar-refractivity contribution in [2.24, 2.45) is 0 Å². The Morgan fingerprint density at radius 2 is 1.54 bits per heavy atom. The first-order valence-electron chi connectivity index (χ1n) is 7.27. The second-order valence-corrected chi connectivity index (χ2v) is 6.16. The number of nitrogens with one attached hydrogen (secondary N) is 1. The van der Waals surface area contributed by atoms with E-state index in [0.717, 1.165) is 28.3 Å². The van der Waals surface area contributed by atoms with Crippen molar-refractivity contribution >= 4 is 23.2 Å². The molecule has 0 saturated heterocycles. The van der Waals surface area contributed by atoms with Gasteiger partial charge in [-0.25, -0.2) is 4.98 Å². The standard InChI is InChI=1S/C18H16Cl2N2O2/c1-10-17(12-6-13(19)9-14(20)7-12)22-18(21-10)11-4-5-15(23-2)16(8-11)24-3/h4-9H,1-3H3,(H,21,22). The highest BCUT2D eigenvalue weighted by atomic mass is 35.5. The summed E-state index contributed by atoms with van der Waals surface area (Å²) in [5, 5.41) is 1.15. The average Bonchev–Trinajstić information content (AvgIpc) is 2.95. The number of H-pyrrole nitrogens is 1. The van der Waals surface area contributed by atoms with Gasteiger partial charge in [0.15, 0.2) is 11.5 Å². The lowest BCUT2D eigenvalue weighted by Crippen LogP contribution is -1.91. The minimum atomic E-state index is 0.576. The van der Waals surface area contributed by atoms with E-state index in [-0.39, 0.29) is 0 Å². The summed E-state index contributed by atoms with van der Waals surface area (Å²) in [5.41, 5.74) is 3.51. The van der Waals surface area contributed by atoms with Gasteiger partial charge < -0.3 is 14.5 Å². The highest BCUT2D eigenvalue weighted by molar-refractivity contribution is 6.35. The minimum absolute atomic E-state index is 0.576. The average molecular weight is 363 g/mol. The number of aromatic amines is 1. The third-order valence-corrected chi connectivity index (χ3v) is 4.11. The zero-order valence-electron chi connectivity index (χ0n) is 13.5. The second-order valence-electron chi connectivity index (χ2n) is 5.29. The van der Waals surface area contributed by atoms with Crippen LogP contribution in [0, 0.1) is 6.92 Å². The molecule has 6 heteroatoms. The molecule has 124 valence electrons. The molecule has 0 atom stereocenters. The lowest BCUT2D eigenvalue weighted by Gasteiger charge is -2.08. The topological polar surface area (TPSA) is 47.1 Å². The van der Waals surface area contributed by atoms with E-state index >= 15 is 0 Å². The Hall–Kier alpha value is -2.17. The summed E-state index contributed by atoms with van der Waals surface area (Å²) in [5.74, 6) is 2.06. The largest absolute Gasteiger partial charge is 0.493 e. The van der Waals surface area contributed by atoms with Gasteiger partial charge in [-0.1, -0.05) is 23.2 Å². The van der Waals surface area contributed by atoms with Gasteiger partial charge in [-0.2, -0.15) is 0 Å². The van der Waals surface area contributed by atoms with E-state index in [1.807, 2.05) is 37.3 Å². The van der Waals surface area contributed by atoms with Crippen molar-refractivity contribution in [1.82, 2.24) is 9.97 Å². The number of rotatable bonds is 4. The number of nitrogens with zero attached hydrogens (tertiary/aromatic N) is 1. The van der Waals surface area contributed by atoms with E-state index in [1.165, 1.54) is 0 Å². The molecule has 0 aliphatic heterocycles. The van der Waals surface area contributed by atoms with Crippen molar-refractivity contribution in [2.45, 2.75) is 6.92 Å². The lowest BCUT2D eigenvalue weighted by atomic mass is 10.1. The summed E-state index contributed by atoms with van der Waals surface area (Å²) in [7, 11) is 3.21. The molecule has 1 heterocycles. The fourth-order valence-corrected chi connectivity index (χ4v) is 3.08. The van der Waals surface area contributed by atoms with Crippen LogP contribution in [0.4, 0.5) is 0 Å². The van der Waals surface area contributed by atoms with E-state index in [1.54, 1.807) is 20.3 Å². The van der Waals surface area contributed by atoms with E-state index in [0.29, 0.717) is 21.5 Å². The van der Waals surface area contributed by atoms with Crippen LogP contribution < -0.4 is 9.47 Å². The third kappa shape index (κ3) is 3.21. The quantitative estimate of drug-likeness (QED) is 0.677. The van der Waals surface area contributed by atoms with Crippen LogP contribution in [0.2, 0.25) is 10.0 Å². The van der Waals surface area contributed by atoms with Gasteiger partial charge >= 0.3 is 0 Å². The Morgan fingerprint density at radius 3 is 2.17 bits per heavy atom. The van der Waals surface area contributed by atoms with Crippen LogP contribution in [0.15, 0.2) is 36.4 Å². The van der Waals surface area contributed by atoms with Gasteiger partial charge in [0.1, 0.15) is 5.82 Å². The highest BCUT2D eigenvalue weighted by Crippen LogP contribution is 2.34. The zero-order chi connectivity index (χ0) is 17.3. The van der Waals surface area contributed by atoms with Crippen LogP contribution in [0.3, 0.4) is 0 Å². The van der Waals surface area contributed by atoms with Crippen LogP contribution in [0.1, 0.15) is 5.69 Å². The van der Waals surface area contributed by atoms with Crippen LogP contribution >= 0.6 is 23.2 Å². The number of aromatic nitrogens is 2. The first-order chi connectivity index (χ1) is 11.5. The molecule has 0 spiro atoms. The van der Waals surface area contributed by atoms with Crippen molar-refractivity contribution in [2.75, 3.05) is 14.2 Å². The number of methoxy groups -OCH3 is 2. The summed E-state index contributed by atoms with van der Waals surface area (Å²) in [4.78, 5) is 7.99. The number of imidazole rings is 1. The summed E-state index contributed by atoms with van der Waals surface area (Å²) in [6.45, 7) is 1.96. The first kappa shape index (κ1) is 16.7. The Labute approximate surface area is 150 Å². The maximum atomic E-state index is 6.10. The van der Waals surface area contributed by atoms with Crippen LogP contribution in [0.25, 0.3) is 22.6 Å². The molecule has 0 aliphatic carbocycles. The molecular weight excluding hydrogens is 347 g/mol. The van der Waals surface area contributed by atoms with E-state index in [2.05, 4.69) is 4.98 Å². The first-order valence-corrected chi connectivity index (χ1v) is 8.03. The Morgan fingerprint density at radius 1 is 0.875 bits per heavy atom. The fraction of sp³-hybridized carbons (Fsp3) is 0.167. The molecule has 24 heavy (non-hydrogen) atoms. The zero-order valence-corrected chi connectivity index (χ0v) is 15.0. The molecule has 3 aromatic rings. The predicted molar refractivity (Wildman–Crippen MR) is 97.3 cm³/mol. The van der Waals surface area contributed by atoms with E-state index in [4.69, 9.17) is 37.7 Å². The molecule has 0 bridgehead atoms. The number of ether oxygens (including phenoxy) is 2. The van der Waals surface area contributed by atoms with Crippen molar-refractivity contribution in [1.29, 1.82) is 0 Å². The molecule has 0 amide bonds. The number of aryl methyl sites for hydroxylation is 1. The van der Waals surface area contributed by atoms with Crippen LogP contribution in [-0.2, 0) is 0 Å². The Kier molecular flexibility index (Phi) is 4.69. The Bertz CT molecular complexity index is 870. The highest BCUT2D eigenvalue weighted by Gasteiger charge is 2.14. The smallest absolute Gasteiger partial charge is 0.161 e. The van der Waals surface area contributed by atoms with Crippen LogP contribution in [-0.4, -0.2) is 24.2 Å². The second kappa shape index (κ2) is 6.75. The number of hydrogen-bond donors (Lipinski definition) is 1. The summed E-state index contributed by atoms with van der Waals surface area (Å²) >= 11 is 12.2. The molecule has 0 aliphatic rings. The van der Waals surface area contributed by atoms with Crippen molar-refractivity contribution in [3.8, 4) is 34.1 Å². The maximum absolute atomic E-state index is 6.10. The van der Waals surface area contributed by atoms with Gasteiger partial charge in [0.2, 0.25) is 0 Å². The molecule has 1 N–H and O–H groups in total. The fourth-order valence-electron chi connectivity index (χ4n) is 2.55. The monoisotopic (exact) mass is 362 g/mol. The molecule has 4 nitrogen and oxygen atoms in total. The van der Waals surface area contributed by atoms with Gasteiger partial charge in [0.05, 0.1) is 19.9 Å². The molecule has 0 fully saturated rings. The molecule has 0 saturated carbocycles. The summed E-state index contributed by atoms with van der Waals surface area (Å²) in [6.07, 6.45) is 0. The third-order valence-electron chi connectivity index (χ3n) is 3.68. The van der Waals surface area contributed by atoms with Crippen LogP contribution in [0.5, 0.6) is 11.5 Å². The van der Waals surface area contributed by atoms with Gasteiger partial charge in [-0.15, -0.1) is 0 Å². The molecular formula is C18H16Cl2N2O2. The van der Waals surface area contributed by atoms with Gasteiger partial charge in [0.25, 0.3) is 0 Å². The Balaban J connectivity index is 2.06. The maximum Gasteiger partial charge on any atom is 0.161 e. The van der Waals surface area contributed by atoms with Gasteiger partial charge in [-0.3, -0.25) is 0 Å². The summed E-state index contributed by atoms with van der Waals surface area (Å²) < 4.78 is 10.6. The van der Waals surface area contributed by atoms with Crippen molar-refractivity contribution < 1.29 is 9.47 Å². The lowest BCUT2D eigenvalue weighted by molar-refractivity contribution is 0.355. The molecule has 3 rings (SSSR count). The van der Waals surface area contributed by atoms with E-state index in [9.17, 15) is 0 Å². The predicted octanol–water partition coefficient (Wildman–Crippen LogP) is 5.38. The number of halogens is 2. The van der Waals surface area contributed by atoms with Crippen molar-refractivity contribution in [3.05, 3.63) is 52.1 Å². The molecule has 1 aromatic heterocycles. The SMILES string of the molecule is COc1ccc(-c2nc(-c3cc(Cl)cc(Cl)c3)c(C)[nH]2)cc1OC. The normalized spacial score (nSPS) is 10.7. The minimum Gasteiger partial charge on any atom is -0.493 e. The van der Waals surface area contributed by atoms with Crippen molar-refractivity contribution in [3.63, 3.8) is 0 Å². The molecule has 2 aromatic carbocycles. The molecule has 0 unspecified atom stereocenters. The van der Waals surface area contributed by atoms with Gasteiger partial charge in [-0.05, 0) is 43.3 Å². The number of hydrogen-bond acceptors (Lipinski definition) is 3. The molecule has 0 radical (unpaired) electrons. The van der Waals surface area contributed by atoms with Gasteiger partial charge in [0, 0.05) is 26.9 Å². The summed E-state index contributed by atoms with van der Waals surface area (Å²) in [6, 6.07) is 11.0.